The lowest BCUT2D eigenvalue weighted by Crippen LogP contribution is -2.11. The van der Waals surface area contributed by atoms with Gasteiger partial charge >= 0.3 is 0 Å². The molecule has 0 aliphatic heterocycles. The molecule has 0 bridgehead atoms. The number of methoxy groups -OCH3 is 6. The lowest BCUT2D eigenvalue weighted by atomic mass is 9.82. The molecular formula is C24H32O6. The van der Waals surface area contributed by atoms with Gasteiger partial charge in [-0.3, -0.25) is 0 Å². The van der Waals surface area contributed by atoms with E-state index in [1.54, 1.807) is 42.7 Å². The molecule has 0 aromatic heterocycles. The minimum Gasteiger partial charge on any atom is -0.496 e. The third-order valence-electron chi connectivity index (χ3n) is 6.28. The zero-order chi connectivity index (χ0) is 22.0. The van der Waals surface area contributed by atoms with Gasteiger partial charge < -0.3 is 28.4 Å². The second-order valence-electron chi connectivity index (χ2n) is 7.44. The second kappa shape index (κ2) is 8.94. The molecule has 0 spiro atoms. The number of ether oxygens (including phenoxy) is 6. The van der Waals surface area contributed by atoms with Gasteiger partial charge in [-0.15, -0.1) is 0 Å². The fourth-order valence-electron chi connectivity index (χ4n) is 4.94. The number of benzene rings is 2. The highest BCUT2D eigenvalue weighted by molar-refractivity contribution is 5.66. The first kappa shape index (κ1) is 21.9. The summed E-state index contributed by atoms with van der Waals surface area (Å²) < 4.78 is 34.2. The van der Waals surface area contributed by atoms with Gasteiger partial charge in [-0.2, -0.15) is 0 Å². The molecule has 0 N–H and O–H groups in total. The first-order valence-electron chi connectivity index (χ1n) is 10.1. The van der Waals surface area contributed by atoms with Gasteiger partial charge in [0.15, 0.2) is 23.0 Å². The first-order valence-corrected chi connectivity index (χ1v) is 10.1. The minimum absolute atomic E-state index is 0.0126. The maximum Gasteiger partial charge on any atom is 0.165 e. The van der Waals surface area contributed by atoms with Crippen LogP contribution in [0.3, 0.4) is 0 Å². The van der Waals surface area contributed by atoms with Gasteiger partial charge in [0.05, 0.1) is 42.7 Å². The Kier molecular flexibility index (Phi) is 6.54. The molecule has 0 fully saturated rings. The van der Waals surface area contributed by atoms with Crippen molar-refractivity contribution in [3.05, 3.63) is 34.9 Å². The van der Waals surface area contributed by atoms with Crippen molar-refractivity contribution in [2.24, 2.45) is 5.92 Å². The van der Waals surface area contributed by atoms with Crippen LogP contribution in [0.4, 0.5) is 0 Å². The monoisotopic (exact) mass is 416 g/mol. The van der Waals surface area contributed by atoms with E-state index in [2.05, 4.69) is 13.8 Å². The Morgan fingerprint density at radius 2 is 1.17 bits per heavy atom. The lowest BCUT2D eigenvalue weighted by molar-refractivity contribution is 0.340. The molecule has 3 rings (SSSR count). The summed E-state index contributed by atoms with van der Waals surface area (Å²) in [7, 11) is 9.95. The molecule has 0 radical (unpaired) electrons. The molecule has 30 heavy (non-hydrogen) atoms. The summed E-state index contributed by atoms with van der Waals surface area (Å²) in [6.07, 6.45) is 0.978. The highest BCUT2D eigenvalue weighted by Crippen LogP contribution is 2.60. The zero-order valence-corrected chi connectivity index (χ0v) is 19.1. The predicted octanol–water partition coefficient (Wildman–Crippen LogP) is 5.01. The van der Waals surface area contributed by atoms with Crippen molar-refractivity contribution in [2.45, 2.75) is 32.1 Å². The fraction of sp³-hybridized carbons (Fsp3) is 0.500. The van der Waals surface area contributed by atoms with Crippen molar-refractivity contribution in [3.8, 4) is 34.5 Å². The van der Waals surface area contributed by atoms with Gasteiger partial charge in [0.25, 0.3) is 0 Å². The van der Waals surface area contributed by atoms with Crippen molar-refractivity contribution in [3.63, 3.8) is 0 Å². The third kappa shape index (κ3) is 3.28. The Labute approximate surface area is 179 Å². The summed E-state index contributed by atoms with van der Waals surface area (Å²) in [6, 6.07) is 5.80. The summed E-state index contributed by atoms with van der Waals surface area (Å²) in [5, 5.41) is 0. The van der Waals surface area contributed by atoms with Crippen LogP contribution >= 0.6 is 0 Å². The number of hydrogen-bond donors (Lipinski definition) is 0. The SMILES string of the molecule is CC[C@@H]1c2c(OC)cc(OC)c(OC)c2[C@H](c2cc(OC)c(OC)cc2OC)[C@H]1C. The number of rotatable bonds is 8. The van der Waals surface area contributed by atoms with E-state index in [0.717, 1.165) is 34.8 Å². The summed E-state index contributed by atoms with van der Waals surface area (Å²) in [5.41, 5.74) is 3.28. The van der Waals surface area contributed by atoms with E-state index in [4.69, 9.17) is 28.4 Å². The Bertz CT molecular complexity index is 907. The Balaban J connectivity index is 2.37. The van der Waals surface area contributed by atoms with Crippen LogP contribution in [0.25, 0.3) is 0 Å². The van der Waals surface area contributed by atoms with Gasteiger partial charge in [0.1, 0.15) is 11.5 Å². The maximum absolute atomic E-state index is 5.87. The van der Waals surface area contributed by atoms with E-state index < -0.39 is 0 Å². The normalized spacial score (nSPS) is 19.8. The van der Waals surface area contributed by atoms with Crippen molar-refractivity contribution in [1.29, 1.82) is 0 Å². The third-order valence-corrected chi connectivity index (χ3v) is 6.28. The summed E-state index contributed by atoms with van der Waals surface area (Å²) >= 11 is 0. The van der Waals surface area contributed by atoms with Crippen molar-refractivity contribution >= 4 is 0 Å². The van der Waals surface area contributed by atoms with Crippen LogP contribution in [-0.4, -0.2) is 42.7 Å². The van der Waals surface area contributed by atoms with Crippen LogP contribution in [0, 0.1) is 5.92 Å². The topological polar surface area (TPSA) is 55.4 Å². The van der Waals surface area contributed by atoms with Gasteiger partial charge in [-0.05, 0) is 24.3 Å². The molecule has 0 unspecified atom stereocenters. The molecule has 6 nitrogen and oxygen atoms in total. The largest absolute Gasteiger partial charge is 0.496 e. The Hall–Kier alpha value is -2.76. The predicted molar refractivity (Wildman–Crippen MR) is 116 cm³/mol. The average Bonchev–Trinajstić information content (AvgIpc) is 3.08. The molecule has 164 valence electrons. The molecule has 0 saturated heterocycles. The van der Waals surface area contributed by atoms with Crippen LogP contribution in [0.15, 0.2) is 18.2 Å². The van der Waals surface area contributed by atoms with E-state index in [1.807, 2.05) is 18.2 Å². The van der Waals surface area contributed by atoms with Crippen LogP contribution in [-0.2, 0) is 0 Å². The molecule has 0 heterocycles. The van der Waals surface area contributed by atoms with Gasteiger partial charge in [-0.25, -0.2) is 0 Å². The molecule has 6 heteroatoms. The smallest absolute Gasteiger partial charge is 0.165 e. The van der Waals surface area contributed by atoms with Crippen molar-refractivity contribution < 1.29 is 28.4 Å². The van der Waals surface area contributed by atoms with E-state index in [0.29, 0.717) is 23.2 Å². The van der Waals surface area contributed by atoms with E-state index in [1.165, 1.54) is 5.56 Å². The summed E-state index contributed by atoms with van der Waals surface area (Å²) in [5.74, 6) is 4.85. The molecular weight excluding hydrogens is 384 g/mol. The molecule has 2 aromatic carbocycles. The van der Waals surface area contributed by atoms with Gasteiger partial charge in [0, 0.05) is 34.7 Å². The maximum atomic E-state index is 5.87. The summed E-state index contributed by atoms with van der Waals surface area (Å²) in [4.78, 5) is 0. The van der Waals surface area contributed by atoms with Crippen LogP contribution in [0.1, 0.15) is 48.8 Å². The quantitative estimate of drug-likeness (QED) is 0.603. The second-order valence-corrected chi connectivity index (χ2v) is 7.44. The van der Waals surface area contributed by atoms with Crippen molar-refractivity contribution in [2.75, 3.05) is 42.7 Å². The number of fused-ring (bicyclic) bond motifs is 1. The highest BCUT2D eigenvalue weighted by atomic mass is 16.5. The molecule has 0 saturated carbocycles. The average molecular weight is 417 g/mol. The van der Waals surface area contributed by atoms with Crippen LogP contribution in [0.5, 0.6) is 34.5 Å². The molecule has 1 aliphatic rings. The highest BCUT2D eigenvalue weighted by Gasteiger charge is 2.44. The zero-order valence-electron chi connectivity index (χ0n) is 19.1. The van der Waals surface area contributed by atoms with Crippen LogP contribution < -0.4 is 28.4 Å². The Morgan fingerprint density at radius 1 is 0.633 bits per heavy atom. The molecule has 0 amide bonds. The van der Waals surface area contributed by atoms with Gasteiger partial charge in [-0.1, -0.05) is 13.8 Å². The van der Waals surface area contributed by atoms with E-state index in [9.17, 15) is 0 Å². The fourth-order valence-corrected chi connectivity index (χ4v) is 4.94. The van der Waals surface area contributed by atoms with E-state index in [-0.39, 0.29) is 11.8 Å². The number of hydrogen-bond acceptors (Lipinski definition) is 6. The van der Waals surface area contributed by atoms with E-state index >= 15 is 0 Å². The van der Waals surface area contributed by atoms with Crippen molar-refractivity contribution in [1.82, 2.24) is 0 Å². The molecule has 3 atom stereocenters. The summed E-state index contributed by atoms with van der Waals surface area (Å²) in [6.45, 7) is 4.47. The molecule has 2 aromatic rings. The first-order chi connectivity index (χ1) is 14.5. The minimum atomic E-state index is 0.0126. The Morgan fingerprint density at radius 3 is 1.67 bits per heavy atom. The van der Waals surface area contributed by atoms with Crippen LogP contribution in [0.2, 0.25) is 0 Å². The van der Waals surface area contributed by atoms with Gasteiger partial charge in [0.2, 0.25) is 0 Å². The molecule has 1 aliphatic carbocycles. The lowest BCUT2D eigenvalue weighted by Gasteiger charge is -2.25. The standard InChI is InChI=1S/C24H32O6/c1-9-14-13(2)21(15-10-17(26-4)18(27-5)11-16(15)25-3)23-22(14)19(28-6)12-20(29-7)24(23)30-8/h10-14,21H,9H2,1-8H3/t13-,14-,21-/m0/s1.